The van der Waals surface area contributed by atoms with Crippen molar-refractivity contribution in [2.45, 2.75) is 58.1 Å². The van der Waals surface area contributed by atoms with Crippen LogP contribution in [-0.4, -0.2) is 49.5 Å². The zero-order valence-corrected chi connectivity index (χ0v) is 31.2. The van der Waals surface area contributed by atoms with Crippen LogP contribution in [0.15, 0.2) is 115 Å². The molecular formula is C45H49N3O6. The van der Waals surface area contributed by atoms with Crippen LogP contribution in [0, 0.1) is 5.92 Å². The van der Waals surface area contributed by atoms with Crippen LogP contribution in [0.1, 0.15) is 58.3 Å². The van der Waals surface area contributed by atoms with Crippen LogP contribution in [-0.2, 0) is 42.1 Å². The molecule has 0 aliphatic carbocycles. The van der Waals surface area contributed by atoms with Gasteiger partial charge in [-0.15, -0.1) is 0 Å². The number of hydrogen-bond donors (Lipinski definition) is 3. The highest BCUT2D eigenvalue weighted by molar-refractivity contribution is 5.75. The van der Waals surface area contributed by atoms with Gasteiger partial charge < -0.3 is 34.7 Å². The van der Waals surface area contributed by atoms with Gasteiger partial charge in [-0.1, -0.05) is 110 Å². The summed E-state index contributed by atoms with van der Waals surface area (Å²) in [5, 5.41) is 15.6. The number of amides is 2. The van der Waals surface area contributed by atoms with E-state index in [0.29, 0.717) is 13.1 Å². The number of benzene rings is 5. The summed E-state index contributed by atoms with van der Waals surface area (Å²) in [7, 11) is 3.35. The van der Waals surface area contributed by atoms with Crippen molar-refractivity contribution >= 4 is 6.03 Å². The number of urea groups is 1. The zero-order chi connectivity index (χ0) is 37.4. The minimum atomic E-state index is -0.575. The van der Waals surface area contributed by atoms with Crippen LogP contribution in [0.2, 0.25) is 0 Å². The van der Waals surface area contributed by atoms with E-state index < -0.39 is 6.29 Å². The average molecular weight is 728 g/mol. The number of nitrogens with zero attached hydrogens (tertiary/aromatic N) is 1. The van der Waals surface area contributed by atoms with Gasteiger partial charge in [0.15, 0.2) is 17.8 Å². The van der Waals surface area contributed by atoms with Gasteiger partial charge >= 0.3 is 6.03 Å². The lowest BCUT2D eigenvalue weighted by atomic mass is 9.89. The van der Waals surface area contributed by atoms with Crippen LogP contribution >= 0.6 is 0 Å². The number of aliphatic hydroxyl groups is 1. The van der Waals surface area contributed by atoms with Gasteiger partial charge in [0.1, 0.15) is 0 Å². The average Bonchev–Trinajstić information content (AvgIpc) is 3.23. The number of ether oxygens (including phenoxy) is 4. The fraction of sp³-hybridized carbons (Fsp3) is 0.311. The van der Waals surface area contributed by atoms with Gasteiger partial charge in [-0.05, 0) is 63.1 Å². The standard InChI is InChI=1S/C45H49N3O6/c1-30-42(28-48-22-21-36-23-40(51-2)41(52-3)24-38(36)27-48)53-44(54-43(30)34-15-13-32(29-49)14-16-34)35-19-17-33(18-20-35)39-12-8-7-11-37(39)26-47-45(50)46-25-31-9-5-4-6-10-31/h4-20,23-24,30,42-44,49H,21-22,25-29H2,1-3H3,(H2,46,47,50)/t30-,42+,43+,44+/m1/s1. The van der Waals surface area contributed by atoms with E-state index in [9.17, 15) is 9.90 Å². The third kappa shape index (κ3) is 8.61. The van der Waals surface area contributed by atoms with Gasteiger partial charge in [0.2, 0.25) is 0 Å². The van der Waals surface area contributed by atoms with Crippen LogP contribution in [0.4, 0.5) is 4.79 Å². The maximum Gasteiger partial charge on any atom is 0.315 e. The molecule has 2 amide bonds. The lowest BCUT2D eigenvalue weighted by Gasteiger charge is -2.43. The van der Waals surface area contributed by atoms with E-state index in [2.05, 4.69) is 77.1 Å². The lowest BCUT2D eigenvalue weighted by Crippen LogP contribution is -2.45. The lowest BCUT2D eigenvalue weighted by molar-refractivity contribution is -0.276. The van der Waals surface area contributed by atoms with E-state index in [0.717, 1.165) is 76.5 Å². The molecule has 2 aliphatic rings. The summed E-state index contributed by atoms with van der Waals surface area (Å²) in [4.78, 5) is 15.1. The Morgan fingerprint density at radius 3 is 2.17 bits per heavy atom. The molecule has 2 aliphatic heterocycles. The molecule has 9 heteroatoms. The molecular weight excluding hydrogens is 679 g/mol. The highest BCUT2D eigenvalue weighted by Crippen LogP contribution is 2.43. The largest absolute Gasteiger partial charge is 0.493 e. The second kappa shape index (κ2) is 17.3. The molecule has 0 radical (unpaired) electrons. The number of rotatable bonds is 12. The van der Waals surface area contributed by atoms with Crippen molar-refractivity contribution < 1.29 is 28.8 Å². The van der Waals surface area contributed by atoms with Crippen LogP contribution in [0.3, 0.4) is 0 Å². The first-order valence-electron chi connectivity index (χ1n) is 18.6. The molecule has 0 bridgehead atoms. The Labute approximate surface area is 317 Å². The Morgan fingerprint density at radius 2 is 1.44 bits per heavy atom. The number of fused-ring (bicyclic) bond motifs is 1. The van der Waals surface area contributed by atoms with E-state index in [-0.39, 0.29) is 30.8 Å². The molecule has 0 spiro atoms. The number of carbonyl (C=O) groups excluding carboxylic acids is 1. The van der Waals surface area contributed by atoms with Gasteiger partial charge in [-0.2, -0.15) is 0 Å². The van der Waals surface area contributed by atoms with Gasteiger partial charge in [0.05, 0.1) is 33.0 Å². The predicted molar refractivity (Wildman–Crippen MR) is 209 cm³/mol. The summed E-state index contributed by atoms with van der Waals surface area (Å²) in [6, 6.07) is 38.3. The van der Waals surface area contributed by atoms with Gasteiger partial charge in [-0.3, -0.25) is 4.90 Å². The first-order valence-corrected chi connectivity index (χ1v) is 18.6. The van der Waals surface area contributed by atoms with E-state index in [1.165, 1.54) is 11.1 Å². The first kappa shape index (κ1) is 37.1. The fourth-order valence-corrected chi connectivity index (χ4v) is 7.47. The number of carbonyl (C=O) groups is 1. The van der Waals surface area contributed by atoms with Crippen molar-refractivity contribution in [1.82, 2.24) is 15.5 Å². The summed E-state index contributed by atoms with van der Waals surface area (Å²) in [6.07, 6.45) is 0.0314. The molecule has 1 saturated heterocycles. The molecule has 4 atom stereocenters. The minimum Gasteiger partial charge on any atom is -0.493 e. The zero-order valence-electron chi connectivity index (χ0n) is 31.2. The van der Waals surface area contributed by atoms with Gasteiger partial charge in [-0.25, -0.2) is 4.79 Å². The maximum absolute atomic E-state index is 12.6. The van der Waals surface area contributed by atoms with Crippen LogP contribution < -0.4 is 20.1 Å². The third-order valence-corrected chi connectivity index (χ3v) is 10.6. The molecule has 5 aromatic rings. The van der Waals surface area contributed by atoms with E-state index in [1.54, 1.807) is 14.2 Å². The number of methoxy groups -OCH3 is 2. The molecule has 9 nitrogen and oxygen atoms in total. The third-order valence-electron chi connectivity index (χ3n) is 10.6. The van der Waals surface area contributed by atoms with Crippen LogP contribution in [0.5, 0.6) is 11.5 Å². The van der Waals surface area contributed by atoms with Crippen molar-refractivity contribution in [3.63, 3.8) is 0 Å². The first-order chi connectivity index (χ1) is 26.4. The smallest absolute Gasteiger partial charge is 0.315 e. The highest BCUT2D eigenvalue weighted by atomic mass is 16.7. The SMILES string of the molecule is COc1cc2c(cc1OC)CN(C[C@@H]1O[C@H](c3ccc(-c4ccccc4CNC(=O)NCc4ccccc4)cc3)O[C@H](c3ccc(CO)cc3)[C@@H]1C)CC2. The normalized spacial score (nSPS) is 19.8. The fourth-order valence-electron chi connectivity index (χ4n) is 7.47. The van der Waals surface area contributed by atoms with Crippen molar-refractivity contribution in [3.8, 4) is 22.6 Å². The van der Waals surface area contributed by atoms with Crippen molar-refractivity contribution in [3.05, 3.63) is 154 Å². The van der Waals surface area contributed by atoms with E-state index in [1.807, 2.05) is 60.7 Å². The number of nitrogens with one attached hydrogen (secondary N) is 2. The molecule has 5 aromatic carbocycles. The number of hydrogen-bond acceptors (Lipinski definition) is 7. The van der Waals surface area contributed by atoms with E-state index >= 15 is 0 Å². The Kier molecular flexibility index (Phi) is 11.9. The summed E-state index contributed by atoms with van der Waals surface area (Å²) in [6.45, 7) is 5.51. The quantitative estimate of drug-likeness (QED) is 0.121. The summed E-state index contributed by atoms with van der Waals surface area (Å²) in [5.41, 5.74) is 9.54. The molecule has 3 N–H and O–H groups in total. The monoisotopic (exact) mass is 727 g/mol. The molecule has 0 aromatic heterocycles. The topological polar surface area (TPSA) is 102 Å². The molecule has 280 valence electrons. The number of aliphatic hydroxyl groups excluding tert-OH is 1. The van der Waals surface area contributed by atoms with Gasteiger partial charge in [0.25, 0.3) is 0 Å². The highest BCUT2D eigenvalue weighted by Gasteiger charge is 2.39. The molecule has 7 rings (SSSR count). The molecule has 0 saturated carbocycles. The second-order valence-electron chi connectivity index (χ2n) is 14.1. The van der Waals surface area contributed by atoms with Crippen molar-refractivity contribution in [1.29, 1.82) is 0 Å². The molecule has 0 unspecified atom stereocenters. The predicted octanol–water partition coefficient (Wildman–Crippen LogP) is 7.71. The Morgan fingerprint density at radius 1 is 0.778 bits per heavy atom. The Balaban J connectivity index is 1.07. The summed E-state index contributed by atoms with van der Waals surface area (Å²) < 4.78 is 24.8. The van der Waals surface area contributed by atoms with Gasteiger partial charge in [0, 0.05) is 44.2 Å². The Hall–Kier alpha value is -5.19. The minimum absolute atomic E-state index is 0.00416. The maximum atomic E-state index is 12.6. The molecule has 1 fully saturated rings. The second-order valence-corrected chi connectivity index (χ2v) is 14.1. The van der Waals surface area contributed by atoms with Crippen molar-refractivity contribution in [2.24, 2.45) is 5.92 Å². The van der Waals surface area contributed by atoms with Crippen LogP contribution in [0.25, 0.3) is 11.1 Å². The molecule has 2 heterocycles. The summed E-state index contributed by atoms with van der Waals surface area (Å²) >= 11 is 0. The van der Waals surface area contributed by atoms with Crippen molar-refractivity contribution in [2.75, 3.05) is 27.3 Å². The summed E-state index contributed by atoms with van der Waals surface area (Å²) in [5.74, 6) is 1.57. The van der Waals surface area contributed by atoms with E-state index in [4.69, 9.17) is 18.9 Å². The molecule has 54 heavy (non-hydrogen) atoms. The Bertz CT molecular complexity index is 2000.